The molecular formula is C21H31N3. The van der Waals surface area contributed by atoms with Gasteiger partial charge in [-0.3, -0.25) is 0 Å². The molecule has 0 heterocycles. The van der Waals surface area contributed by atoms with Crippen molar-refractivity contribution >= 4 is 0 Å². The van der Waals surface area contributed by atoms with Gasteiger partial charge in [-0.1, -0.05) is 44.5 Å². The number of rotatable bonds is 2. The third-order valence-electron chi connectivity index (χ3n) is 8.48. The van der Waals surface area contributed by atoms with Crippen molar-refractivity contribution < 1.29 is 0 Å². The van der Waals surface area contributed by atoms with E-state index in [1.807, 2.05) is 0 Å². The number of fused-ring (bicyclic) bond motifs is 5. The topological polar surface area (TPSA) is 48.8 Å². The molecule has 24 heavy (non-hydrogen) atoms. The van der Waals surface area contributed by atoms with Crippen LogP contribution in [-0.2, 0) is 0 Å². The molecule has 4 rings (SSSR count). The van der Waals surface area contributed by atoms with Crippen LogP contribution in [0.2, 0.25) is 0 Å². The molecule has 0 spiro atoms. The van der Waals surface area contributed by atoms with Gasteiger partial charge < -0.3 is 0 Å². The first-order valence-corrected chi connectivity index (χ1v) is 10.0. The van der Waals surface area contributed by atoms with Gasteiger partial charge in [-0.15, -0.1) is 0 Å². The Morgan fingerprint density at radius 1 is 1.21 bits per heavy atom. The van der Waals surface area contributed by atoms with Crippen molar-refractivity contribution in [3.05, 3.63) is 33.9 Å². The maximum atomic E-state index is 9.10. The SMILES string of the molecule is CC[C@H]1CC[C@H]2[C@@H]3C=C(N=[N+]=[N-])C4=CCCC[C@]4(C)[C@H]3CC[C@]12C. The molecule has 2 fully saturated rings. The van der Waals surface area contributed by atoms with E-state index < -0.39 is 0 Å². The normalized spacial score (nSPS) is 46.8. The van der Waals surface area contributed by atoms with Gasteiger partial charge in [-0.05, 0) is 90.6 Å². The summed E-state index contributed by atoms with van der Waals surface area (Å²) in [6.45, 7) is 7.39. The van der Waals surface area contributed by atoms with Crippen LogP contribution < -0.4 is 0 Å². The fraction of sp³-hybridized carbons (Fsp3) is 0.810. The van der Waals surface area contributed by atoms with Gasteiger partial charge in [-0.25, -0.2) is 0 Å². The maximum Gasteiger partial charge on any atom is 0.0372 e. The van der Waals surface area contributed by atoms with E-state index in [1.165, 1.54) is 50.5 Å². The van der Waals surface area contributed by atoms with Crippen LogP contribution in [0.15, 0.2) is 28.5 Å². The summed E-state index contributed by atoms with van der Waals surface area (Å²) in [5.74, 6) is 3.03. The molecule has 4 aliphatic carbocycles. The molecule has 3 nitrogen and oxygen atoms in total. The number of hydrogen-bond donors (Lipinski definition) is 0. The monoisotopic (exact) mass is 325 g/mol. The predicted octanol–water partition coefficient (Wildman–Crippen LogP) is 6.78. The second-order valence-electron chi connectivity index (χ2n) is 9.19. The minimum absolute atomic E-state index is 0.229. The smallest absolute Gasteiger partial charge is 0.0372 e. The number of nitrogens with zero attached hydrogens (tertiary/aromatic N) is 3. The van der Waals surface area contributed by atoms with Crippen molar-refractivity contribution in [1.29, 1.82) is 0 Å². The molecule has 3 heteroatoms. The van der Waals surface area contributed by atoms with Crippen LogP contribution in [0.4, 0.5) is 0 Å². The van der Waals surface area contributed by atoms with Crippen molar-refractivity contribution in [2.24, 2.45) is 39.6 Å². The summed E-state index contributed by atoms with van der Waals surface area (Å²) in [7, 11) is 0. The van der Waals surface area contributed by atoms with Gasteiger partial charge in [0.1, 0.15) is 0 Å². The molecule has 130 valence electrons. The lowest BCUT2D eigenvalue weighted by atomic mass is 9.48. The minimum Gasteiger partial charge on any atom is -0.0803 e. The summed E-state index contributed by atoms with van der Waals surface area (Å²) in [5.41, 5.74) is 12.2. The zero-order valence-electron chi connectivity index (χ0n) is 15.5. The van der Waals surface area contributed by atoms with Gasteiger partial charge in [0, 0.05) is 10.6 Å². The van der Waals surface area contributed by atoms with Crippen LogP contribution in [0.25, 0.3) is 10.4 Å². The molecular weight excluding hydrogens is 294 g/mol. The summed E-state index contributed by atoms with van der Waals surface area (Å²) in [4.78, 5) is 3.17. The lowest BCUT2D eigenvalue weighted by molar-refractivity contribution is -0.0169. The van der Waals surface area contributed by atoms with E-state index in [2.05, 4.69) is 42.9 Å². The van der Waals surface area contributed by atoms with E-state index in [9.17, 15) is 0 Å². The lowest BCUT2D eigenvalue weighted by Crippen LogP contribution is -2.49. The first-order valence-electron chi connectivity index (χ1n) is 10.0. The summed E-state index contributed by atoms with van der Waals surface area (Å²) >= 11 is 0. The Morgan fingerprint density at radius 2 is 2.04 bits per heavy atom. The highest BCUT2D eigenvalue weighted by Crippen LogP contribution is 2.66. The number of hydrogen-bond acceptors (Lipinski definition) is 1. The van der Waals surface area contributed by atoms with Crippen LogP contribution in [0.3, 0.4) is 0 Å². The van der Waals surface area contributed by atoms with Crippen molar-refractivity contribution in [2.45, 2.75) is 72.1 Å². The van der Waals surface area contributed by atoms with Gasteiger partial charge in [-0.2, -0.15) is 0 Å². The molecule has 0 aliphatic heterocycles. The highest BCUT2D eigenvalue weighted by atomic mass is 15.1. The van der Waals surface area contributed by atoms with Gasteiger partial charge in [0.25, 0.3) is 0 Å². The molecule has 0 aromatic heterocycles. The average molecular weight is 326 g/mol. The fourth-order valence-corrected chi connectivity index (χ4v) is 7.22. The molecule has 0 radical (unpaired) electrons. The molecule has 6 atom stereocenters. The lowest BCUT2D eigenvalue weighted by Gasteiger charge is -2.57. The molecule has 0 aromatic carbocycles. The molecule has 4 aliphatic rings. The van der Waals surface area contributed by atoms with E-state index >= 15 is 0 Å². The van der Waals surface area contributed by atoms with Crippen LogP contribution in [0, 0.1) is 34.5 Å². The Hall–Kier alpha value is -1.21. The summed E-state index contributed by atoms with van der Waals surface area (Å²) in [6, 6.07) is 0. The Morgan fingerprint density at radius 3 is 2.79 bits per heavy atom. The molecule has 0 aromatic rings. The van der Waals surface area contributed by atoms with Crippen LogP contribution in [0.1, 0.15) is 72.1 Å². The second-order valence-corrected chi connectivity index (χ2v) is 9.19. The van der Waals surface area contributed by atoms with Crippen LogP contribution in [-0.4, -0.2) is 0 Å². The fourth-order valence-electron chi connectivity index (χ4n) is 7.22. The Balaban J connectivity index is 1.81. The Bertz CT molecular complexity index is 641. The number of allylic oxidation sites excluding steroid dienone is 3. The molecule has 0 N–H and O–H groups in total. The third-order valence-corrected chi connectivity index (χ3v) is 8.48. The van der Waals surface area contributed by atoms with Gasteiger partial charge in [0.15, 0.2) is 0 Å². The largest absolute Gasteiger partial charge is 0.0803 e. The van der Waals surface area contributed by atoms with Gasteiger partial charge in [0.05, 0.1) is 0 Å². The van der Waals surface area contributed by atoms with E-state index in [-0.39, 0.29) is 5.41 Å². The predicted molar refractivity (Wildman–Crippen MR) is 98.1 cm³/mol. The second kappa shape index (κ2) is 5.66. The molecule has 2 saturated carbocycles. The van der Waals surface area contributed by atoms with Crippen molar-refractivity contribution in [3.8, 4) is 0 Å². The molecule has 0 unspecified atom stereocenters. The maximum absolute atomic E-state index is 9.10. The molecule has 0 saturated heterocycles. The van der Waals surface area contributed by atoms with Crippen molar-refractivity contribution in [1.82, 2.24) is 0 Å². The number of azide groups is 1. The van der Waals surface area contributed by atoms with E-state index in [4.69, 9.17) is 5.53 Å². The standard InChI is InChI=1S/C21H31N3/c1-4-14-8-9-16-15-13-19(23-24-22)18-7-5-6-11-21(18,3)17(15)10-12-20(14,16)2/h7,13-17H,4-6,8-12H2,1-3H3/t14-,15-,16-,17-,20+,21+/m0/s1. The average Bonchev–Trinajstić information content (AvgIpc) is 2.91. The van der Waals surface area contributed by atoms with Gasteiger partial charge >= 0.3 is 0 Å². The first kappa shape index (κ1) is 16.3. The van der Waals surface area contributed by atoms with E-state index in [1.54, 1.807) is 0 Å². The van der Waals surface area contributed by atoms with Gasteiger partial charge in [0.2, 0.25) is 0 Å². The molecule has 0 amide bonds. The summed E-state index contributed by atoms with van der Waals surface area (Å²) in [5, 5.41) is 4.15. The highest BCUT2D eigenvalue weighted by molar-refractivity contribution is 5.42. The van der Waals surface area contributed by atoms with Crippen LogP contribution in [0.5, 0.6) is 0 Å². The zero-order valence-corrected chi connectivity index (χ0v) is 15.5. The molecule has 0 bridgehead atoms. The Kier molecular flexibility index (Phi) is 3.84. The quantitative estimate of drug-likeness (QED) is 0.305. The third kappa shape index (κ3) is 2.07. The highest BCUT2D eigenvalue weighted by Gasteiger charge is 2.57. The minimum atomic E-state index is 0.229. The summed E-state index contributed by atoms with van der Waals surface area (Å²) < 4.78 is 0. The summed E-state index contributed by atoms with van der Waals surface area (Å²) in [6.07, 6.45) is 15.3. The van der Waals surface area contributed by atoms with Crippen molar-refractivity contribution in [3.63, 3.8) is 0 Å². The first-order chi connectivity index (χ1) is 11.5. The van der Waals surface area contributed by atoms with E-state index in [0.717, 1.165) is 29.9 Å². The van der Waals surface area contributed by atoms with Crippen LogP contribution >= 0.6 is 0 Å². The van der Waals surface area contributed by atoms with E-state index in [0.29, 0.717) is 11.3 Å². The zero-order chi connectivity index (χ0) is 16.9. The van der Waals surface area contributed by atoms with Crippen molar-refractivity contribution in [2.75, 3.05) is 0 Å². The Labute approximate surface area is 146 Å².